The number of aromatic amines is 2. The highest BCUT2D eigenvalue weighted by atomic mass is 35.5. The normalized spacial score (nSPS) is 10.9. The zero-order valence-corrected chi connectivity index (χ0v) is 18.0. The van der Waals surface area contributed by atoms with Crippen LogP contribution in [0.25, 0.3) is 5.69 Å². The van der Waals surface area contributed by atoms with Gasteiger partial charge in [0.2, 0.25) is 0 Å². The van der Waals surface area contributed by atoms with E-state index in [9.17, 15) is 9.59 Å². The Kier molecular flexibility index (Phi) is 6.24. The van der Waals surface area contributed by atoms with E-state index < -0.39 is 11.2 Å². The Labute approximate surface area is 186 Å². The Morgan fingerprint density at radius 1 is 1.06 bits per heavy atom. The van der Waals surface area contributed by atoms with Crippen LogP contribution in [-0.4, -0.2) is 31.8 Å². The van der Waals surface area contributed by atoms with Gasteiger partial charge in [0.05, 0.1) is 7.11 Å². The summed E-state index contributed by atoms with van der Waals surface area (Å²) in [6.07, 6.45) is 0.227. The lowest BCUT2D eigenvalue weighted by molar-refractivity contribution is 0.414. The van der Waals surface area contributed by atoms with Gasteiger partial charge in [-0.3, -0.25) is 14.3 Å². The number of nitrogens with one attached hydrogen (secondary N) is 2. The van der Waals surface area contributed by atoms with Crippen molar-refractivity contribution in [2.24, 2.45) is 0 Å². The number of H-pyrrole nitrogens is 2. The summed E-state index contributed by atoms with van der Waals surface area (Å²) < 4.78 is 7.14. The Morgan fingerprint density at radius 2 is 1.84 bits per heavy atom. The highest BCUT2D eigenvalue weighted by molar-refractivity contribution is 7.98. The summed E-state index contributed by atoms with van der Waals surface area (Å²) in [5.41, 5.74) is 1.22. The molecule has 0 radical (unpaired) electrons. The van der Waals surface area contributed by atoms with Crippen LogP contribution in [-0.2, 0) is 12.2 Å². The monoisotopic (exact) mass is 455 g/mol. The van der Waals surface area contributed by atoms with Crippen LogP contribution in [0.4, 0.5) is 0 Å². The third-order valence-electron chi connectivity index (χ3n) is 4.51. The second-order valence-corrected chi connectivity index (χ2v) is 7.95. The van der Waals surface area contributed by atoms with E-state index in [4.69, 9.17) is 16.3 Å². The van der Waals surface area contributed by atoms with Crippen molar-refractivity contribution in [3.8, 4) is 11.4 Å². The lowest BCUT2D eigenvalue weighted by Crippen LogP contribution is -2.23. The molecule has 0 aliphatic carbocycles. The number of halogens is 1. The third kappa shape index (κ3) is 4.89. The van der Waals surface area contributed by atoms with Crippen LogP contribution in [0.15, 0.2) is 69.3 Å². The van der Waals surface area contributed by atoms with Crippen LogP contribution < -0.4 is 16.0 Å². The minimum absolute atomic E-state index is 0.227. The molecule has 0 atom stereocenters. The molecule has 0 spiro atoms. The van der Waals surface area contributed by atoms with Crippen molar-refractivity contribution in [2.45, 2.75) is 17.3 Å². The maximum atomic E-state index is 11.7. The molecule has 0 fully saturated rings. The summed E-state index contributed by atoms with van der Waals surface area (Å²) in [4.78, 5) is 28.1. The number of methoxy groups -OCH3 is 1. The van der Waals surface area contributed by atoms with Crippen LogP contribution in [0.1, 0.15) is 17.1 Å². The number of rotatable bonds is 7. The molecule has 0 amide bonds. The summed E-state index contributed by atoms with van der Waals surface area (Å²) in [6.45, 7) is 0. The molecular formula is C21H18ClN5O3S. The van der Waals surface area contributed by atoms with E-state index in [1.54, 1.807) is 7.11 Å². The molecule has 0 aliphatic rings. The molecule has 10 heteroatoms. The minimum atomic E-state index is -0.564. The highest BCUT2D eigenvalue weighted by Crippen LogP contribution is 2.29. The van der Waals surface area contributed by atoms with Gasteiger partial charge in [-0.2, -0.15) is 0 Å². The van der Waals surface area contributed by atoms with Gasteiger partial charge in [-0.05, 0) is 35.9 Å². The average molecular weight is 456 g/mol. The maximum Gasteiger partial charge on any atom is 0.325 e. The lowest BCUT2D eigenvalue weighted by Gasteiger charge is -2.11. The van der Waals surface area contributed by atoms with Crippen molar-refractivity contribution in [1.29, 1.82) is 0 Å². The summed E-state index contributed by atoms with van der Waals surface area (Å²) in [7, 11) is 1.60. The van der Waals surface area contributed by atoms with Gasteiger partial charge in [-0.25, -0.2) is 4.79 Å². The average Bonchev–Trinajstić information content (AvgIpc) is 3.14. The van der Waals surface area contributed by atoms with Gasteiger partial charge in [0, 0.05) is 34.6 Å². The number of benzene rings is 2. The van der Waals surface area contributed by atoms with Crippen LogP contribution in [0.3, 0.4) is 0 Å². The fourth-order valence-corrected chi connectivity index (χ4v) is 4.30. The molecule has 0 bridgehead atoms. The number of aromatic nitrogens is 5. The quantitative estimate of drug-likeness (QED) is 0.414. The fraction of sp³-hybridized carbons (Fsp3) is 0.143. The molecule has 31 heavy (non-hydrogen) atoms. The first-order valence-electron chi connectivity index (χ1n) is 9.31. The second kappa shape index (κ2) is 9.23. The van der Waals surface area contributed by atoms with Gasteiger partial charge in [0.15, 0.2) is 5.16 Å². The van der Waals surface area contributed by atoms with Crippen LogP contribution in [0.2, 0.25) is 5.02 Å². The van der Waals surface area contributed by atoms with Gasteiger partial charge < -0.3 is 9.72 Å². The molecule has 0 aliphatic heterocycles. The zero-order valence-electron chi connectivity index (χ0n) is 16.5. The summed E-state index contributed by atoms with van der Waals surface area (Å²) in [5.74, 6) is 1.91. The van der Waals surface area contributed by atoms with Crippen molar-refractivity contribution in [1.82, 2.24) is 24.7 Å². The van der Waals surface area contributed by atoms with E-state index in [2.05, 4.69) is 20.2 Å². The Bertz CT molecular complexity index is 1290. The smallest absolute Gasteiger partial charge is 0.325 e. The van der Waals surface area contributed by atoms with E-state index >= 15 is 0 Å². The fourth-order valence-electron chi connectivity index (χ4n) is 3.04. The van der Waals surface area contributed by atoms with Crippen LogP contribution in [0, 0.1) is 0 Å². The number of thioether (sulfide) groups is 1. The minimum Gasteiger partial charge on any atom is -0.497 e. The lowest BCUT2D eigenvalue weighted by atomic mass is 10.2. The summed E-state index contributed by atoms with van der Waals surface area (Å²) >= 11 is 7.78. The molecular weight excluding hydrogens is 438 g/mol. The molecule has 4 rings (SSSR count). The first-order chi connectivity index (χ1) is 15.0. The standard InChI is InChI=1S/C21H18ClN5O3S/c1-30-16-8-6-15(7-9-16)27-18(10-14-11-19(28)24-20(29)23-14)25-26-21(27)31-12-13-4-2-3-5-17(13)22/h2-9,11H,10,12H2,1H3,(H2,23,24,28,29). The van der Waals surface area contributed by atoms with Gasteiger partial charge >= 0.3 is 5.69 Å². The number of hydrogen-bond donors (Lipinski definition) is 2. The highest BCUT2D eigenvalue weighted by Gasteiger charge is 2.16. The number of hydrogen-bond acceptors (Lipinski definition) is 6. The van der Waals surface area contributed by atoms with Crippen molar-refractivity contribution < 1.29 is 4.74 Å². The van der Waals surface area contributed by atoms with E-state index in [0.717, 1.165) is 17.0 Å². The largest absolute Gasteiger partial charge is 0.497 e. The van der Waals surface area contributed by atoms with Gasteiger partial charge in [-0.1, -0.05) is 41.6 Å². The molecule has 4 aromatic rings. The topological polar surface area (TPSA) is 106 Å². The number of nitrogens with zero attached hydrogens (tertiary/aromatic N) is 3. The first-order valence-corrected chi connectivity index (χ1v) is 10.7. The molecule has 0 saturated heterocycles. The van der Waals surface area contributed by atoms with Crippen molar-refractivity contribution in [3.05, 3.63) is 97.5 Å². The van der Waals surface area contributed by atoms with Crippen molar-refractivity contribution in [2.75, 3.05) is 7.11 Å². The molecule has 158 valence electrons. The summed E-state index contributed by atoms with van der Waals surface area (Å²) in [6, 6.07) is 16.4. The summed E-state index contributed by atoms with van der Waals surface area (Å²) in [5, 5.41) is 10.0. The maximum absolute atomic E-state index is 11.7. The van der Waals surface area contributed by atoms with Gasteiger partial charge in [-0.15, -0.1) is 10.2 Å². The van der Waals surface area contributed by atoms with Crippen molar-refractivity contribution >= 4 is 23.4 Å². The van der Waals surface area contributed by atoms with Crippen LogP contribution in [0.5, 0.6) is 5.75 Å². The van der Waals surface area contributed by atoms with E-state index in [1.165, 1.54) is 17.8 Å². The van der Waals surface area contributed by atoms with Crippen molar-refractivity contribution in [3.63, 3.8) is 0 Å². The molecule has 2 aromatic carbocycles. The SMILES string of the molecule is COc1ccc(-n2c(Cc3cc(=O)[nH]c(=O)[nH]3)nnc2SCc2ccccc2Cl)cc1. The van der Waals surface area contributed by atoms with Gasteiger partial charge in [0.25, 0.3) is 5.56 Å². The molecule has 2 N–H and O–H groups in total. The van der Waals surface area contributed by atoms with Crippen LogP contribution >= 0.6 is 23.4 Å². The molecule has 0 unspecified atom stereocenters. The Hall–Kier alpha value is -3.30. The van der Waals surface area contributed by atoms with Gasteiger partial charge in [0.1, 0.15) is 11.6 Å². The predicted molar refractivity (Wildman–Crippen MR) is 119 cm³/mol. The zero-order chi connectivity index (χ0) is 21.8. The molecule has 2 heterocycles. The molecule has 0 saturated carbocycles. The Morgan fingerprint density at radius 3 is 2.55 bits per heavy atom. The second-order valence-electron chi connectivity index (χ2n) is 6.60. The predicted octanol–water partition coefficient (Wildman–Crippen LogP) is 3.19. The van der Waals surface area contributed by atoms with E-state index in [0.29, 0.717) is 27.5 Å². The van der Waals surface area contributed by atoms with E-state index in [1.807, 2.05) is 53.1 Å². The first kappa shape index (κ1) is 21.0. The number of ether oxygens (including phenoxy) is 1. The third-order valence-corrected chi connectivity index (χ3v) is 5.86. The molecule has 8 nitrogen and oxygen atoms in total. The molecule has 2 aromatic heterocycles. The van der Waals surface area contributed by atoms with E-state index in [-0.39, 0.29) is 6.42 Å². The Balaban J connectivity index is 1.71.